The first kappa shape index (κ1) is 36.3. The molecule has 0 spiro atoms. The summed E-state index contributed by atoms with van der Waals surface area (Å²) in [5, 5.41) is 0. The molecular weight excluding hydrogens is 569 g/mol. The molecule has 0 radical (unpaired) electrons. The quantitative estimate of drug-likeness (QED) is 0.0670. The molecule has 0 unspecified atom stereocenters. The van der Waals surface area contributed by atoms with E-state index in [-0.39, 0.29) is 0 Å². The maximum atomic E-state index is 5.88. The van der Waals surface area contributed by atoms with E-state index in [2.05, 4.69) is 74.5 Å². The second-order valence-electron chi connectivity index (χ2n) is 13.9. The molecule has 0 bridgehead atoms. The van der Waals surface area contributed by atoms with Gasteiger partial charge in [-0.05, 0) is 133 Å². The average molecular weight is 631 g/mol. The van der Waals surface area contributed by atoms with Gasteiger partial charge >= 0.3 is 0 Å². The minimum atomic E-state index is 0.837. The van der Waals surface area contributed by atoms with Crippen molar-refractivity contribution in [1.29, 1.82) is 0 Å². The van der Waals surface area contributed by atoms with Crippen molar-refractivity contribution in [2.24, 2.45) is 0 Å². The summed E-state index contributed by atoms with van der Waals surface area (Å²) in [6.45, 7) is 4.59. The lowest BCUT2D eigenvalue weighted by Crippen LogP contribution is -1.99. The van der Waals surface area contributed by atoms with Gasteiger partial charge in [-0.25, -0.2) is 0 Å². The number of benzene rings is 4. The van der Waals surface area contributed by atoms with Crippen molar-refractivity contribution in [1.82, 2.24) is 0 Å². The normalized spacial score (nSPS) is 11.3. The molecule has 0 heterocycles. The number of hydrogen-bond donors (Lipinski definition) is 2. The van der Waals surface area contributed by atoms with Crippen LogP contribution in [0.25, 0.3) is 0 Å². The van der Waals surface area contributed by atoms with Crippen LogP contribution < -0.4 is 11.5 Å². The van der Waals surface area contributed by atoms with E-state index in [1.807, 2.05) is 24.3 Å². The van der Waals surface area contributed by atoms with Gasteiger partial charge in [-0.1, -0.05) is 132 Å². The van der Waals surface area contributed by atoms with Gasteiger partial charge in [-0.2, -0.15) is 0 Å². The lowest BCUT2D eigenvalue weighted by Gasteiger charge is -2.13. The minimum absolute atomic E-state index is 0.837. The Labute approximate surface area is 287 Å². The number of nitrogens with two attached hydrogens (primary N) is 2. The molecule has 2 heteroatoms. The first-order valence-electron chi connectivity index (χ1n) is 18.9. The standard InChI is InChI=1S/C45H62N2/c1-3-5-16-42-34-38(32-36-22-28-44(46)29-23-36)20-26-40(42)18-14-12-10-8-7-9-11-13-15-19-41-27-21-39(35-43(41)17-6-4-2)33-37-24-30-45(47)31-25-37/h20-31,34-35H,3-19,32-33,46-47H2,1-2H3. The van der Waals surface area contributed by atoms with Gasteiger partial charge in [0.05, 0.1) is 0 Å². The van der Waals surface area contributed by atoms with E-state index in [4.69, 9.17) is 11.5 Å². The van der Waals surface area contributed by atoms with Gasteiger partial charge in [-0.15, -0.1) is 0 Å². The maximum Gasteiger partial charge on any atom is 0.0314 e. The fraction of sp³-hybridized carbons (Fsp3) is 0.467. The maximum absolute atomic E-state index is 5.88. The van der Waals surface area contributed by atoms with Crippen molar-refractivity contribution in [3.63, 3.8) is 0 Å². The number of nitrogen functional groups attached to an aromatic ring is 2. The highest BCUT2D eigenvalue weighted by atomic mass is 14.5. The molecule has 0 aromatic heterocycles. The second kappa shape index (κ2) is 20.7. The van der Waals surface area contributed by atoms with Crippen molar-refractivity contribution >= 4 is 11.4 Å². The first-order valence-corrected chi connectivity index (χ1v) is 18.9. The van der Waals surface area contributed by atoms with Gasteiger partial charge in [-0.3, -0.25) is 0 Å². The third kappa shape index (κ3) is 13.3. The Kier molecular flexibility index (Phi) is 16.0. The molecule has 4 rings (SSSR count). The molecule has 0 aliphatic heterocycles. The summed E-state index contributed by atoms with van der Waals surface area (Å²) in [6.07, 6.45) is 24.2. The number of rotatable bonds is 22. The van der Waals surface area contributed by atoms with E-state index in [0.29, 0.717) is 0 Å². The van der Waals surface area contributed by atoms with E-state index in [1.165, 1.54) is 131 Å². The Morgan fingerprint density at radius 3 is 1.02 bits per heavy atom. The summed E-state index contributed by atoms with van der Waals surface area (Å²) in [5.41, 5.74) is 25.3. The van der Waals surface area contributed by atoms with Crippen LogP contribution in [-0.4, -0.2) is 0 Å². The predicted octanol–water partition coefficient (Wildman–Crippen LogP) is 12.0. The zero-order chi connectivity index (χ0) is 33.1. The Balaban J connectivity index is 1.11. The van der Waals surface area contributed by atoms with Crippen molar-refractivity contribution in [2.75, 3.05) is 11.5 Å². The average Bonchev–Trinajstić information content (AvgIpc) is 3.08. The molecule has 0 amide bonds. The van der Waals surface area contributed by atoms with E-state index in [1.54, 1.807) is 22.3 Å². The molecule has 0 aliphatic carbocycles. The van der Waals surface area contributed by atoms with E-state index < -0.39 is 0 Å². The van der Waals surface area contributed by atoms with Crippen LogP contribution in [0.2, 0.25) is 0 Å². The summed E-state index contributed by atoms with van der Waals surface area (Å²) in [7, 11) is 0. The Hall–Kier alpha value is -3.52. The first-order chi connectivity index (χ1) is 23.0. The third-order valence-electron chi connectivity index (χ3n) is 9.81. The SMILES string of the molecule is CCCCc1cc(Cc2ccc(N)cc2)ccc1CCCCCCCCCCCc1ccc(Cc2ccc(N)cc2)cc1CCCC. The van der Waals surface area contributed by atoms with Crippen LogP contribution >= 0.6 is 0 Å². The molecule has 4 aromatic carbocycles. The van der Waals surface area contributed by atoms with Crippen LogP contribution in [0.1, 0.15) is 142 Å². The van der Waals surface area contributed by atoms with E-state index >= 15 is 0 Å². The molecule has 0 fully saturated rings. The highest BCUT2D eigenvalue weighted by Crippen LogP contribution is 2.23. The molecule has 0 aliphatic rings. The number of anilines is 2. The minimum Gasteiger partial charge on any atom is -0.399 e. The molecular formula is C45H62N2. The van der Waals surface area contributed by atoms with Gasteiger partial charge < -0.3 is 11.5 Å². The lowest BCUT2D eigenvalue weighted by molar-refractivity contribution is 0.557. The van der Waals surface area contributed by atoms with Crippen molar-refractivity contribution in [3.05, 3.63) is 129 Å². The molecule has 0 atom stereocenters. The van der Waals surface area contributed by atoms with Crippen LogP contribution in [0.3, 0.4) is 0 Å². The zero-order valence-corrected chi connectivity index (χ0v) is 29.7. The van der Waals surface area contributed by atoms with Crippen LogP contribution in [-0.2, 0) is 38.5 Å². The number of unbranched alkanes of at least 4 members (excludes halogenated alkanes) is 10. The van der Waals surface area contributed by atoms with Crippen LogP contribution in [0, 0.1) is 0 Å². The van der Waals surface area contributed by atoms with Crippen molar-refractivity contribution in [2.45, 2.75) is 136 Å². The Morgan fingerprint density at radius 1 is 0.340 bits per heavy atom. The summed E-state index contributed by atoms with van der Waals surface area (Å²) in [5.74, 6) is 0. The lowest BCUT2D eigenvalue weighted by atomic mass is 9.93. The Bertz CT molecular complexity index is 1320. The van der Waals surface area contributed by atoms with E-state index in [9.17, 15) is 0 Å². The monoisotopic (exact) mass is 630 g/mol. The highest BCUT2D eigenvalue weighted by molar-refractivity contribution is 5.43. The van der Waals surface area contributed by atoms with Crippen molar-refractivity contribution < 1.29 is 0 Å². The van der Waals surface area contributed by atoms with Crippen molar-refractivity contribution in [3.8, 4) is 0 Å². The summed E-state index contributed by atoms with van der Waals surface area (Å²) < 4.78 is 0. The van der Waals surface area contributed by atoms with Crippen LogP contribution in [0.4, 0.5) is 11.4 Å². The van der Waals surface area contributed by atoms with Gasteiger partial charge in [0.15, 0.2) is 0 Å². The second-order valence-corrected chi connectivity index (χ2v) is 13.9. The number of hydrogen-bond acceptors (Lipinski definition) is 2. The van der Waals surface area contributed by atoms with Gasteiger partial charge in [0.2, 0.25) is 0 Å². The largest absolute Gasteiger partial charge is 0.399 e. The predicted molar refractivity (Wildman–Crippen MR) is 206 cm³/mol. The van der Waals surface area contributed by atoms with Gasteiger partial charge in [0.1, 0.15) is 0 Å². The Morgan fingerprint density at radius 2 is 0.660 bits per heavy atom. The van der Waals surface area contributed by atoms with Crippen LogP contribution in [0.5, 0.6) is 0 Å². The van der Waals surface area contributed by atoms with Gasteiger partial charge in [0, 0.05) is 11.4 Å². The van der Waals surface area contributed by atoms with E-state index in [0.717, 1.165) is 24.2 Å². The summed E-state index contributed by atoms with van der Waals surface area (Å²) in [6, 6.07) is 31.2. The third-order valence-corrected chi connectivity index (χ3v) is 9.81. The van der Waals surface area contributed by atoms with Crippen LogP contribution in [0.15, 0.2) is 84.9 Å². The molecule has 2 nitrogen and oxygen atoms in total. The molecule has 4 N–H and O–H groups in total. The molecule has 0 saturated carbocycles. The molecule has 0 saturated heterocycles. The zero-order valence-electron chi connectivity index (χ0n) is 29.7. The number of aryl methyl sites for hydroxylation is 4. The smallest absolute Gasteiger partial charge is 0.0314 e. The fourth-order valence-corrected chi connectivity index (χ4v) is 6.88. The summed E-state index contributed by atoms with van der Waals surface area (Å²) >= 11 is 0. The topological polar surface area (TPSA) is 52.0 Å². The molecule has 252 valence electrons. The fourth-order valence-electron chi connectivity index (χ4n) is 6.88. The highest BCUT2D eigenvalue weighted by Gasteiger charge is 2.08. The molecule has 4 aromatic rings. The molecule has 47 heavy (non-hydrogen) atoms. The summed E-state index contributed by atoms with van der Waals surface area (Å²) in [4.78, 5) is 0. The van der Waals surface area contributed by atoms with Gasteiger partial charge in [0.25, 0.3) is 0 Å².